The lowest BCUT2D eigenvalue weighted by molar-refractivity contribution is -0.385. The summed E-state index contributed by atoms with van der Waals surface area (Å²) in [4.78, 5) is 23.7. The number of hydrogen-bond acceptors (Lipinski definition) is 5. The zero-order valence-corrected chi connectivity index (χ0v) is 11.1. The van der Waals surface area contributed by atoms with Gasteiger partial charge in [0.2, 0.25) is 0 Å². The van der Waals surface area contributed by atoms with Crippen molar-refractivity contribution in [3.63, 3.8) is 0 Å². The van der Waals surface area contributed by atoms with Gasteiger partial charge in [-0.05, 0) is 12.5 Å². The van der Waals surface area contributed by atoms with Crippen LogP contribution < -0.4 is 0 Å². The quantitative estimate of drug-likeness (QED) is 0.664. The van der Waals surface area contributed by atoms with Gasteiger partial charge in [-0.1, -0.05) is 12.1 Å². The molecule has 0 spiro atoms. The van der Waals surface area contributed by atoms with Crippen LogP contribution in [0.15, 0.2) is 18.2 Å². The van der Waals surface area contributed by atoms with Gasteiger partial charge in [-0.3, -0.25) is 15.0 Å². The zero-order valence-electron chi connectivity index (χ0n) is 11.1. The normalized spacial score (nSPS) is 19.8. The number of nitro benzene ring substituents is 1. The Bertz CT molecular complexity index is 531. The number of morpholine rings is 1. The monoisotopic (exact) mass is 280 g/mol. The summed E-state index contributed by atoms with van der Waals surface area (Å²) in [6.45, 7) is 4.20. The molecule has 1 heterocycles. The van der Waals surface area contributed by atoms with E-state index in [1.54, 1.807) is 6.07 Å². The molecule has 1 saturated heterocycles. The Morgan fingerprint density at radius 2 is 2.35 bits per heavy atom. The van der Waals surface area contributed by atoms with Crippen molar-refractivity contribution in [3.05, 3.63) is 39.4 Å². The summed E-state index contributed by atoms with van der Waals surface area (Å²) < 4.78 is 5.32. The van der Waals surface area contributed by atoms with Crippen LogP contribution in [0.4, 0.5) is 5.69 Å². The van der Waals surface area contributed by atoms with Crippen LogP contribution in [0.3, 0.4) is 0 Å². The average molecular weight is 280 g/mol. The summed E-state index contributed by atoms with van der Waals surface area (Å²) in [6.07, 6.45) is 0. The number of carboxylic acids is 1. The van der Waals surface area contributed by atoms with Crippen LogP contribution in [0.1, 0.15) is 22.8 Å². The van der Waals surface area contributed by atoms with Gasteiger partial charge < -0.3 is 9.84 Å². The Balaban J connectivity index is 2.33. The van der Waals surface area contributed by atoms with Crippen molar-refractivity contribution in [1.29, 1.82) is 0 Å². The van der Waals surface area contributed by atoms with Crippen LogP contribution in [-0.2, 0) is 11.3 Å². The lowest BCUT2D eigenvalue weighted by Crippen LogP contribution is -2.43. The molecule has 0 amide bonds. The summed E-state index contributed by atoms with van der Waals surface area (Å²) in [6, 6.07) is 4.52. The number of carboxylic acid groups (broad SMARTS) is 1. The third-order valence-corrected chi connectivity index (χ3v) is 3.42. The second-order valence-electron chi connectivity index (χ2n) is 4.77. The van der Waals surface area contributed by atoms with Crippen molar-refractivity contribution in [2.45, 2.75) is 19.5 Å². The third kappa shape index (κ3) is 2.94. The topological polar surface area (TPSA) is 92.9 Å². The van der Waals surface area contributed by atoms with E-state index in [9.17, 15) is 20.0 Å². The van der Waals surface area contributed by atoms with Crippen molar-refractivity contribution in [1.82, 2.24) is 4.90 Å². The van der Waals surface area contributed by atoms with Gasteiger partial charge in [0, 0.05) is 25.2 Å². The SMILES string of the molecule is CC1COCCN1Cc1cccc([N+](=O)[O-])c1C(=O)O. The van der Waals surface area contributed by atoms with Crippen molar-refractivity contribution in [2.75, 3.05) is 19.8 Å². The highest BCUT2D eigenvalue weighted by Gasteiger charge is 2.26. The molecule has 0 saturated carbocycles. The van der Waals surface area contributed by atoms with E-state index in [4.69, 9.17) is 4.74 Å². The van der Waals surface area contributed by atoms with Crippen molar-refractivity contribution in [3.8, 4) is 0 Å². The van der Waals surface area contributed by atoms with E-state index in [1.807, 2.05) is 6.92 Å². The summed E-state index contributed by atoms with van der Waals surface area (Å²) in [5.41, 5.74) is -0.132. The lowest BCUT2D eigenvalue weighted by atomic mass is 10.0. The molecule has 1 unspecified atom stereocenters. The number of rotatable bonds is 4. The minimum absolute atomic E-state index is 0.157. The number of hydrogen-bond donors (Lipinski definition) is 1. The highest BCUT2D eigenvalue weighted by molar-refractivity contribution is 5.94. The second-order valence-corrected chi connectivity index (χ2v) is 4.77. The molecule has 7 heteroatoms. The van der Waals surface area contributed by atoms with E-state index in [0.717, 1.165) is 0 Å². The fourth-order valence-corrected chi connectivity index (χ4v) is 2.33. The van der Waals surface area contributed by atoms with Crippen molar-refractivity contribution in [2.24, 2.45) is 0 Å². The van der Waals surface area contributed by atoms with Gasteiger partial charge in [-0.15, -0.1) is 0 Å². The van der Waals surface area contributed by atoms with Gasteiger partial charge in [-0.2, -0.15) is 0 Å². The van der Waals surface area contributed by atoms with E-state index in [0.29, 0.717) is 31.9 Å². The maximum atomic E-state index is 11.3. The zero-order chi connectivity index (χ0) is 14.7. The molecule has 20 heavy (non-hydrogen) atoms. The summed E-state index contributed by atoms with van der Waals surface area (Å²) in [5.74, 6) is -1.27. The average Bonchev–Trinajstić information content (AvgIpc) is 2.40. The number of aromatic carboxylic acids is 1. The molecule has 1 N–H and O–H groups in total. The molecule has 1 aromatic carbocycles. The molecule has 2 rings (SSSR count). The van der Waals surface area contributed by atoms with E-state index >= 15 is 0 Å². The van der Waals surface area contributed by atoms with Crippen LogP contribution >= 0.6 is 0 Å². The fraction of sp³-hybridized carbons (Fsp3) is 0.462. The molecule has 1 aliphatic heterocycles. The molecule has 0 radical (unpaired) electrons. The maximum absolute atomic E-state index is 11.3. The number of nitrogens with zero attached hydrogens (tertiary/aromatic N) is 2. The van der Waals surface area contributed by atoms with Crippen LogP contribution in [0.2, 0.25) is 0 Å². The molecular weight excluding hydrogens is 264 g/mol. The minimum Gasteiger partial charge on any atom is -0.477 e. The Morgan fingerprint density at radius 3 is 2.95 bits per heavy atom. The summed E-state index contributed by atoms with van der Waals surface area (Å²) >= 11 is 0. The first-order valence-corrected chi connectivity index (χ1v) is 6.32. The van der Waals surface area contributed by atoms with Gasteiger partial charge in [0.05, 0.1) is 18.1 Å². The molecular formula is C13H16N2O5. The highest BCUT2D eigenvalue weighted by Crippen LogP contribution is 2.24. The lowest BCUT2D eigenvalue weighted by Gasteiger charge is -2.33. The molecule has 108 valence electrons. The van der Waals surface area contributed by atoms with Crippen molar-refractivity contribution >= 4 is 11.7 Å². The minimum atomic E-state index is -1.27. The molecule has 7 nitrogen and oxygen atoms in total. The number of ether oxygens (including phenoxy) is 1. The summed E-state index contributed by atoms with van der Waals surface area (Å²) in [5, 5.41) is 20.2. The van der Waals surface area contributed by atoms with E-state index in [-0.39, 0.29) is 17.3 Å². The van der Waals surface area contributed by atoms with Crippen LogP contribution in [0, 0.1) is 10.1 Å². The van der Waals surface area contributed by atoms with Crippen LogP contribution in [0.25, 0.3) is 0 Å². The van der Waals surface area contributed by atoms with Gasteiger partial charge in [0.1, 0.15) is 5.56 Å². The molecule has 1 fully saturated rings. The van der Waals surface area contributed by atoms with Gasteiger partial charge in [0.15, 0.2) is 0 Å². The number of nitro groups is 1. The number of carbonyl (C=O) groups is 1. The molecule has 1 aromatic rings. The van der Waals surface area contributed by atoms with Crippen LogP contribution in [0.5, 0.6) is 0 Å². The molecule has 0 bridgehead atoms. The third-order valence-electron chi connectivity index (χ3n) is 3.42. The van der Waals surface area contributed by atoms with Gasteiger partial charge >= 0.3 is 5.97 Å². The first-order chi connectivity index (χ1) is 9.50. The van der Waals surface area contributed by atoms with E-state index in [1.165, 1.54) is 12.1 Å². The first-order valence-electron chi connectivity index (χ1n) is 6.32. The Morgan fingerprint density at radius 1 is 1.60 bits per heavy atom. The Hall–Kier alpha value is -1.99. The predicted molar refractivity (Wildman–Crippen MR) is 70.7 cm³/mol. The Kier molecular flexibility index (Phi) is 4.31. The smallest absolute Gasteiger partial charge is 0.343 e. The number of benzene rings is 1. The fourth-order valence-electron chi connectivity index (χ4n) is 2.33. The van der Waals surface area contributed by atoms with Crippen molar-refractivity contribution < 1.29 is 19.6 Å². The standard InChI is InChI=1S/C13H16N2O5/c1-9-8-20-6-5-14(9)7-10-3-2-4-11(15(18)19)12(10)13(16)17/h2-4,9H,5-8H2,1H3,(H,16,17). The summed E-state index contributed by atoms with van der Waals surface area (Å²) in [7, 11) is 0. The predicted octanol–water partition coefficient (Wildman–Crippen LogP) is 1.51. The second kappa shape index (κ2) is 5.98. The van der Waals surface area contributed by atoms with E-state index in [2.05, 4.69) is 4.90 Å². The van der Waals surface area contributed by atoms with E-state index < -0.39 is 10.9 Å². The molecule has 1 atom stereocenters. The van der Waals surface area contributed by atoms with Gasteiger partial charge in [-0.25, -0.2) is 4.79 Å². The Labute approximate surface area is 115 Å². The highest BCUT2D eigenvalue weighted by atomic mass is 16.6. The molecule has 0 aromatic heterocycles. The largest absolute Gasteiger partial charge is 0.477 e. The van der Waals surface area contributed by atoms with Gasteiger partial charge in [0.25, 0.3) is 5.69 Å². The first kappa shape index (κ1) is 14.4. The molecule has 1 aliphatic rings. The maximum Gasteiger partial charge on any atom is 0.343 e. The van der Waals surface area contributed by atoms with Crippen LogP contribution in [-0.4, -0.2) is 46.7 Å². The molecule has 0 aliphatic carbocycles.